The van der Waals surface area contributed by atoms with Gasteiger partial charge in [0.05, 0.1) is 11.0 Å². The summed E-state index contributed by atoms with van der Waals surface area (Å²) in [5, 5.41) is 3.41. The van der Waals surface area contributed by atoms with Crippen LogP contribution in [0.5, 0.6) is 0 Å². The second-order valence-electron chi connectivity index (χ2n) is 7.36. The molecule has 1 aliphatic carbocycles. The minimum atomic E-state index is -0.227. The molecule has 0 saturated heterocycles. The molecule has 0 fully saturated rings. The predicted molar refractivity (Wildman–Crippen MR) is 112 cm³/mol. The van der Waals surface area contributed by atoms with E-state index in [1.807, 2.05) is 36.1 Å². The highest BCUT2D eigenvalue weighted by Crippen LogP contribution is 2.24. The molecule has 0 bridgehead atoms. The van der Waals surface area contributed by atoms with Crippen molar-refractivity contribution in [3.63, 3.8) is 0 Å². The van der Waals surface area contributed by atoms with Crippen LogP contribution in [0.25, 0.3) is 11.0 Å². The molecule has 2 aromatic heterocycles. The molecule has 6 heteroatoms. The van der Waals surface area contributed by atoms with E-state index in [0.29, 0.717) is 18.8 Å². The number of aromatic nitrogens is 2. The molecule has 1 aromatic carbocycles. The van der Waals surface area contributed by atoms with Crippen molar-refractivity contribution in [1.82, 2.24) is 20.2 Å². The van der Waals surface area contributed by atoms with Gasteiger partial charge in [0.25, 0.3) is 5.91 Å². The first-order valence-corrected chi connectivity index (χ1v) is 10.1. The average molecular weight is 392 g/mol. The fourth-order valence-corrected chi connectivity index (χ4v) is 3.96. The van der Waals surface area contributed by atoms with E-state index in [9.17, 15) is 9.18 Å². The number of amides is 1. The van der Waals surface area contributed by atoms with Crippen molar-refractivity contribution in [2.75, 3.05) is 6.54 Å². The highest BCUT2D eigenvalue weighted by molar-refractivity contribution is 5.97. The second kappa shape index (κ2) is 8.47. The molecule has 1 atom stereocenters. The molecule has 1 amide bonds. The van der Waals surface area contributed by atoms with Crippen molar-refractivity contribution in [3.05, 3.63) is 77.5 Å². The van der Waals surface area contributed by atoms with Gasteiger partial charge < -0.3 is 15.2 Å². The summed E-state index contributed by atoms with van der Waals surface area (Å²) in [6, 6.07) is 12.3. The van der Waals surface area contributed by atoms with Crippen molar-refractivity contribution < 1.29 is 9.18 Å². The summed E-state index contributed by atoms with van der Waals surface area (Å²) in [4.78, 5) is 22.6. The third kappa shape index (κ3) is 4.31. The topological polar surface area (TPSA) is 61.0 Å². The molecule has 0 unspecified atom stereocenters. The first-order valence-electron chi connectivity index (χ1n) is 10.1. The van der Waals surface area contributed by atoms with Gasteiger partial charge in [-0.15, -0.1) is 0 Å². The summed E-state index contributed by atoms with van der Waals surface area (Å²) in [5.74, 6) is -0.225. The molecule has 0 spiro atoms. The first kappa shape index (κ1) is 19.2. The highest BCUT2D eigenvalue weighted by atomic mass is 19.1. The van der Waals surface area contributed by atoms with E-state index in [1.54, 1.807) is 18.3 Å². The number of rotatable bonds is 6. The Hall–Kier alpha value is -3.15. The molecule has 3 aromatic rings. The SMILES string of the molecule is CCN(C(=O)c1cc2ncccc2[nH]1)[C@H]1CCC=C(NCc2cccc(F)c2)C1. The lowest BCUT2D eigenvalue weighted by Gasteiger charge is -2.34. The van der Waals surface area contributed by atoms with Crippen LogP contribution in [-0.2, 0) is 6.54 Å². The van der Waals surface area contributed by atoms with Gasteiger partial charge in [0, 0.05) is 37.4 Å². The highest BCUT2D eigenvalue weighted by Gasteiger charge is 2.27. The van der Waals surface area contributed by atoms with E-state index < -0.39 is 0 Å². The van der Waals surface area contributed by atoms with Crippen LogP contribution in [0.15, 0.2) is 60.4 Å². The number of carbonyl (C=O) groups is 1. The Labute approximate surface area is 169 Å². The molecule has 150 valence electrons. The van der Waals surface area contributed by atoms with E-state index in [2.05, 4.69) is 21.4 Å². The van der Waals surface area contributed by atoms with Crippen molar-refractivity contribution in [2.45, 2.75) is 38.8 Å². The lowest BCUT2D eigenvalue weighted by Crippen LogP contribution is -2.42. The van der Waals surface area contributed by atoms with E-state index in [1.165, 1.54) is 6.07 Å². The van der Waals surface area contributed by atoms with Gasteiger partial charge in [0.15, 0.2) is 0 Å². The maximum Gasteiger partial charge on any atom is 0.270 e. The molecule has 0 aliphatic heterocycles. The zero-order chi connectivity index (χ0) is 20.2. The van der Waals surface area contributed by atoms with E-state index >= 15 is 0 Å². The molecular weight excluding hydrogens is 367 g/mol. The third-order valence-corrected chi connectivity index (χ3v) is 5.42. The van der Waals surface area contributed by atoms with E-state index in [-0.39, 0.29) is 17.8 Å². The monoisotopic (exact) mass is 392 g/mol. The maximum absolute atomic E-state index is 13.4. The number of halogens is 1. The fraction of sp³-hybridized carbons (Fsp3) is 0.304. The molecule has 4 rings (SSSR count). The number of nitrogens with one attached hydrogen (secondary N) is 2. The zero-order valence-corrected chi connectivity index (χ0v) is 16.5. The lowest BCUT2D eigenvalue weighted by molar-refractivity contribution is 0.0669. The summed E-state index contributed by atoms with van der Waals surface area (Å²) in [6.07, 6.45) is 6.52. The molecule has 0 saturated carbocycles. The summed E-state index contributed by atoms with van der Waals surface area (Å²) >= 11 is 0. The fourth-order valence-electron chi connectivity index (χ4n) is 3.96. The van der Waals surface area contributed by atoms with E-state index in [0.717, 1.165) is 41.6 Å². The number of allylic oxidation sites excluding steroid dienone is 1. The minimum absolute atomic E-state index is 0.00174. The van der Waals surface area contributed by atoms with E-state index in [4.69, 9.17) is 0 Å². The zero-order valence-electron chi connectivity index (χ0n) is 16.5. The summed E-state index contributed by atoms with van der Waals surface area (Å²) < 4.78 is 13.4. The molecular formula is C23H25FN4O. The number of fused-ring (bicyclic) bond motifs is 1. The second-order valence-corrected chi connectivity index (χ2v) is 7.36. The van der Waals surface area contributed by atoms with Crippen LogP contribution in [0.3, 0.4) is 0 Å². The number of benzene rings is 1. The van der Waals surface area contributed by atoms with Crippen LogP contribution in [0.1, 0.15) is 42.2 Å². The van der Waals surface area contributed by atoms with Crippen LogP contribution in [0.4, 0.5) is 4.39 Å². The van der Waals surface area contributed by atoms with Gasteiger partial charge in [-0.2, -0.15) is 0 Å². The molecule has 0 radical (unpaired) electrons. The number of H-pyrrole nitrogens is 1. The van der Waals surface area contributed by atoms with Gasteiger partial charge in [-0.1, -0.05) is 18.2 Å². The van der Waals surface area contributed by atoms with Crippen LogP contribution < -0.4 is 5.32 Å². The molecule has 1 aliphatic rings. The van der Waals surface area contributed by atoms with Crippen molar-refractivity contribution in [2.24, 2.45) is 0 Å². The first-order chi connectivity index (χ1) is 14.1. The third-order valence-electron chi connectivity index (χ3n) is 5.42. The number of aromatic amines is 1. The number of carbonyl (C=O) groups excluding carboxylic acids is 1. The van der Waals surface area contributed by atoms with Crippen molar-refractivity contribution in [1.29, 1.82) is 0 Å². The maximum atomic E-state index is 13.4. The van der Waals surface area contributed by atoms with Crippen LogP contribution in [0, 0.1) is 5.82 Å². The number of nitrogens with zero attached hydrogens (tertiary/aromatic N) is 2. The summed E-state index contributed by atoms with van der Waals surface area (Å²) in [7, 11) is 0. The van der Waals surface area contributed by atoms with Gasteiger partial charge in [-0.05, 0) is 55.7 Å². The number of hydrogen-bond donors (Lipinski definition) is 2. The van der Waals surface area contributed by atoms with Crippen LogP contribution in [0.2, 0.25) is 0 Å². The lowest BCUT2D eigenvalue weighted by atomic mass is 9.96. The number of pyridine rings is 1. The Kier molecular flexibility index (Phi) is 5.60. The molecule has 5 nitrogen and oxygen atoms in total. The Bertz CT molecular complexity index is 1010. The van der Waals surface area contributed by atoms with Gasteiger partial charge >= 0.3 is 0 Å². The van der Waals surface area contributed by atoms with Gasteiger partial charge in [-0.25, -0.2) is 4.39 Å². The van der Waals surface area contributed by atoms with Gasteiger partial charge in [-0.3, -0.25) is 9.78 Å². The largest absolute Gasteiger partial charge is 0.384 e. The molecule has 2 N–H and O–H groups in total. The number of hydrogen-bond acceptors (Lipinski definition) is 3. The van der Waals surface area contributed by atoms with Gasteiger partial charge in [0.2, 0.25) is 0 Å². The van der Waals surface area contributed by atoms with Crippen molar-refractivity contribution in [3.8, 4) is 0 Å². The van der Waals surface area contributed by atoms with Crippen LogP contribution in [-0.4, -0.2) is 33.4 Å². The Morgan fingerprint density at radius 1 is 1.31 bits per heavy atom. The smallest absolute Gasteiger partial charge is 0.270 e. The summed E-state index contributed by atoms with van der Waals surface area (Å²) in [6.45, 7) is 3.23. The Morgan fingerprint density at radius 3 is 3.00 bits per heavy atom. The average Bonchev–Trinajstić information content (AvgIpc) is 3.17. The van der Waals surface area contributed by atoms with Crippen molar-refractivity contribution >= 4 is 16.9 Å². The normalized spacial score (nSPS) is 16.5. The minimum Gasteiger partial charge on any atom is -0.384 e. The van der Waals surface area contributed by atoms with Crippen LogP contribution >= 0.6 is 0 Å². The Morgan fingerprint density at radius 2 is 2.21 bits per heavy atom. The van der Waals surface area contributed by atoms with Gasteiger partial charge in [0.1, 0.15) is 11.5 Å². The standard InChI is InChI=1S/C23H25FN4O/c1-2-28(23(29)22-14-21-20(27-22)10-5-11-25-21)19-9-4-8-18(13-19)26-15-16-6-3-7-17(24)12-16/h3,5-8,10-12,14,19,26-27H,2,4,9,13,15H2,1H3/t19-/m0/s1. The Balaban J connectivity index is 1.43. The summed E-state index contributed by atoms with van der Waals surface area (Å²) in [5.41, 5.74) is 4.25. The quantitative estimate of drug-likeness (QED) is 0.654. The molecule has 2 heterocycles. The predicted octanol–water partition coefficient (Wildman–Crippen LogP) is 4.39. The molecule has 29 heavy (non-hydrogen) atoms.